The molecule has 1 amide bonds. The first-order chi connectivity index (χ1) is 7.29. The summed E-state index contributed by atoms with van der Waals surface area (Å²) in [6.07, 6.45) is 8.16. The molecule has 1 atom stereocenters. The molecular formula is C12H21N2O. The maximum Gasteiger partial charge on any atom is 0.241 e. The van der Waals surface area contributed by atoms with Crippen LogP contribution in [0, 0.1) is 5.92 Å². The van der Waals surface area contributed by atoms with Crippen LogP contribution in [0.4, 0.5) is 0 Å². The van der Waals surface area contributed by atoms with Gasteiger partial charge in [0.05, 0.1) is 0 Å². The Morgan fingerprint density at radius 1 is 1.07 bits per heavy atom. The van der Waals surface area contributed by atoms with Gasteiger partial charge in [0.25, 0.3) is 0 Å². The summed E-state index contributed by atoms with van der Waals surface area (Å²) in [5, 5.41) is 0. The first-order valence-electron chi connectivity index (χ1n) is 6.29. The third kappa shape index (κ3) is 2.51. The predicted octanol–water partition coefficient (Wildman–Crippen LogP) is 1.84. The third-order valence-electron chi connectivity index (χ3n) is 3.81. The van der Waals surface area contributed by atoms with Crippen LogP contribution in [0.15, 0.2) is 0 Å². The Morgan fingerprint density at radius 2 is 1.67 bits per heavy atom. The number of hydrogen-bond acceptors (Lipinski definition) is 1. The molecule has 2 rings (SSSR count). The Kier molecular flexibility index (Phi) is 3.62. The van der Waals surface area contributed by atoms with Crippen LogP contribution in [0.5, 0.6) is 0 Å². The molecule has 1 saturated carbocycles. The first-order valence-corrected chi connectivity index (χ1v) is 6.29. The highest BCUT2D eigenvalue weighted by atomic mass is 16.2. The van der Waals surface area contributed by atoms with Crippen molar-refractivity contribution in [2.45, 2.75) is 51.0 Å². The van der Waals surface area contributed by atoms with Crippen LogP contribution in [-0.2, 0) is 4.79 Å². The van der Waals surface area contributed by atoms with Gasteiger partial charge in [-0.25, -0.2) is 5.73 Å². The topological polar surface area (TPSA) is 44.1 Å². The molecule has 2 aliphatic rings. The van der Waals surface area contributed by atoms with E-state index < -0.39 is 6.04 Å². The molecule has 1 N–H and O–H groups in total. The molecule has 1 heterocycles. The molecule has 1 aliphatic carbocycles. The van der Waals surface area contributed by atoms with Crippen molar-refractivity contribution in [1.29, 1.82) is 0 Å². The van der Waals surface area contributed by atoms with Gasteiger partial charge in [-0.15, -0.1) is 0 Å². The van der Waals surface area contributed by atoms with Crippen LogP contribution in [0.2, 0.25) is 0 Å². The van der Waals surface area contributed by atoms with E-state index in [2.05, 4.69) is 0 Å². The second-order valence-electron chi connectivity index (χ2n) is 4.91. The highest BCUT2D eigenvalue weighted by molar-refractivity contribution is 5.82. The molecule has 0 aromatic heterocycles. The van der Waals surface area contributed by atoms with Crippen LogP contribution in [0.3, 0.4) is 0 Å². The molecule has 0 aromatic carbocycles. The van der Waals surface area contributed by atoms with E-state index in [0.29, 0.717) is 5.92 Å². The van der Waals surface area contributed by atoms with Crippen molar-refractivity contribution < 1.29 is 4.79 Å². The molecule has 1 radical (unpaired) electrons. The maximum atomic E-state index is 12.0. The van der Waals surface area contributed by atoms with Crippen molar-refractivity contribution in [3.8, 4) is 0 Å². The SMILES string of the molecule is [NH]C(C(=O)N1CCCC1)C1CCCCC1. The van der Waals surface area contributed by atoms with E-state index in [1.54, 1.807) is 0 Å². The summed E-state index contributed by atoms with van der Waals surface area (Å²) in [6, 6.07) is -0.469. The first kappa shape index (κ1) is 10.9. The molecule has 1 aliphatic heterocycles. The molecular weight excluding hydrogens is 188 g/mol. The lowest BCUT2D eigenvalue weighted by Crippen LogP contribution is -2.42. The lowest BCUT2D eigenvalue weighted by atomic mass is 9.84. The molecule has 0 spiro atoms. The van der Waals surface area contributed by atoms with Crippen molar-refractivity contribution in [2.24, 2.45) is 5.92 Å². The highest BCUT2D eigenvalue weighted by Crippen LogP contribution is 2.27. The standard InChI is InChI=1S/C12H21N2O/c13-11(10-6-2-1-3-7-10)12(15)14-8-4-5-9-14/h10-11,13H,1-9H2. The lowest BCUT2D eigenvalue weighted by molar-refractivity contribution is -0.133. The second kappa shape index (κ2) is 4.97. The predicted molar refractivity (Wildman–Crippen MR) is 59.3 cm³/mol. The summed E-state index contributed by atoms with van der Waals surface area (Å²) in [6.45, 7) is 1.78. The molecule has 3 nitrogen and oxygen atoms in total. The summed E-state index contributed by atoms with van der Waals surface area (Å²) >= 11 is 0. The zero-order valence-electron chi connectivity index (χ0n) is 9.37. The summed E-state index contributed by atoms with van der Waals surface area (Å²) in [4.78, 5) is 13.9. The van der Waals surface area contributed by atoms with Gasteiger partial charge in [-0.05, 0) is 31.6 Å². The molecule has 15 heavy (non-hydrogen) atoms. The minimum absolute atomic E-state index is 0.0967. The average Bonchev–Trinajstić information content (AvgIpc) is 2.82. The number of nitrogens with one attached hydrogen (secondary N) is 1. The Labute approximate surface area is 92.0 Å². The van der Waals surface area contributed by atoms with E-state index in [4.69, 9.17) is 5.73 Å². The van der Waals surface area contributed by atoms with E-state index in [0.717, 1.165) is 38.8 Å². The van der Waals surface area contributed by atoms with Gasteiger partial charge in [0, 0.05) is 13.1 Å². The third-order valence-corrected chi connectivity index (χ3v) is 3.81. The molecule has 85 valence electrons. The van der Waals surface area contributed by atoms with E-state index in [9.17, 15) is 4.79 Å². The van der Waals surface area contributed by atoms with Crippen molar-refractivity contribution in [2.75, 3.05) is 13.1 Å². The van der Waals surface area contributed by atoms with Crippen LogP contribution < -0.4 is 5.73 Å². The summed E-state index contributed by atoms with van der Waals surface area (Å²) < 4.78 is 0. The molecule has 3 heteroatoms. The summed E-state index contributed by atoms with van der Waals surface area (Å²) in [7, 11) is 0. The smallest absolute Gasteiger partial charge is 0.241 e. The highest BCUT2D eigenvalue weighted by Gasteiger charge is 2.30. The maximum absolute atomic E-state index is 12.0. The van der Waals surface area contributed by atoms with Gasteiger partial charge in [0.2, 0.25) is 5.91 Å². The van der Waals surface area contributed by atoms with Gasteiger partial charge < -0.3 is 4.90 Å². The van der Waals surface area contributed by atoms with E-state index >= 15 is 0 Å². The van der Waals surface area contributed by atoms with Crippen molar-refractivity contribution in [3.05, 3.63) is 0 Å². The van der Waals surface area contributed by atoms with Crippen molar-refractivity contribution >= 4 is 5.91 Å². The van der Waals surface area contributed by atoms with E-state index in [1.807, 2.05) is 4.90 Å². The van der Waals surface area contributed by atoms with Crippen LogP contribution in [-0.4, -0.2) is 29.9 Å². The second-order valence-corrected chi connectivity index (χ2v) is 4.91. The van der Waals surface area contributed by atoms with Crippen molar-refractivity contribution in [1.82, 2.24) is 10.6 Å². The Morgan fingerprint density at radius 3 is 2.27 bits per heavy atom. The van der Waals surface area contributed by atoms with Crippen LogP contribution >= 0.6 is 0 Å². The minimum Gasteiger partial charge on any atom is -0.341 e. The summed E-state index contributed by atoms with van der Waals surface area (Å²) in [5.41, 5.74) is 8.05. The fraction of sp³-hybridized carbons (Fsp3) is 0.917. The normalized spacial score (nSPS) is 25.5. The van der Waals surface area contributed by atoms with Gasteiger partial charge >= 0.3 is 0 Å². The Bertz CT molecular complexity index is 218. The monoisotopic (exact) mass is 209 g/mol. The number of carbonyl (C=O) groups is 1. The van der Waals surface area contributed by atoms with Crippen LogP contribution in [0.1, 0.15) is 44.9 Å². The number of nitrogens with zero attached hydrogens (tertiary/aromatic N) is 1. The van der Waals surface area contributed by atoms with Crippen LogP contribution in [0.25, 0.3) is 0 Å². The zero-order valence-corrected chi connectivity index (χ0v) is 9.37. The van der Waals surface area contributed by atoms with Gasteiger partial charge in [0.1, 0.15) is 6.04 Å². The molecule has 0 aromatic rings. The quantitative estimate of drug-likeness (QED) is 0.684. The summed E-state index contributed by atoms with van der Waals surface area (Å²) in [5.74, 6) is 0.436. The average molecular weight is 209 g/mol. The number of likely N-dealkylation sites (tertiary alicyclic amines) is 1. The minimum atomic E-state index is -0.469. The zero-order chi connectivity index (χ0) is 10.7. The van der Waals surface area contributed by atoms with Gasteiger partial charge in [0.15, 0.2) is 0 Å². The van der Waals surface area contributed by atoms with Gasteiger partial charge in [-0.2, -0.15) is 0 Å². The number of hydrogen-bond donors (Lipinski definition) is 0. The number of rotatable bonds is 2. The fourth-order valence-electron chi connectivity index (χ4n) is 2.80. The molecule has 0 bridgehead atoms. The molecule has 1 saturated heterocycles. The Hall–Kier alpha value is -0.570. The lowest BCUT2D eigenvalue weighted by Gasteiger charge is -2.28. The molecule has 2 fully saturated rings. The van der Waals surface area contributed by atoms with E-state index in [1.165, 1.54) is 19.3 Å². The largest absolute Gasteiger partial charge is 0.341 e. The van der Waals surface area contributed by atoms with Gasteiger partial charge in [-0.1, -0.05) is 19.3 Å². The van der Waals surface area contributed by atoms with Crippen molar-refractivity contribution in [3.63, 3.8) is 0 Å². The number of carbonyl (C=O) groups excluding carboxylic acids is 1. The number of amides is 1. The van der Waals surface area contributed by atoms with Gasteiger partial charge in [-0.3, -0.25) is 4.79 Å². The Balaban J connectivity index is 1.87. The fourth-order valence-corrected chi connectivity index (χ4v) is 2.80. The van der Waals surface area contributed by atoms with E-state index in [-0.39, 0.29) is 5.91 Å². The molecule has 1 unspecified atom stereocenters.